The Bertz CT molecular complexity index is 863. The maximum absolute atomic E-state index is 12.7. The number of ether oxygens (including phenoxy) is 3. The fourth-order valence-electron chi connectivity index (χ4n) is 2.86. The molecule has 0 aromatic heterocycles. The smallest absolute Gasteiger partial charge is 0.460 e. The van der Waals surface area contributed by atoms with Gasteiger partial charge >= 0.3 is 18.3 Å². The minimum absolute atomic E-state index is 0.0249. The molecule has 0 N–H and O–H groups in total. The molecule has 1 aromatic carbocycles. The molecule has 1 aliphatic heterocycles. The molecule has 0 aliphatic carbocycles. The van der Waals surface area contributed by atoms with Crippen LogP contribution in [0.4, 0.5) is 13.2 Å². The van der Waals surface area contributed by atoms with Crippen LogP contribution in [-0.4, -0.2) is 56.8 Å². The minimum atomic E-state index is -4.94. The van der Waals surface area contributed by atoms with E-state index in [0.29, 0.717) is 0 Å². The van der Waals surface area contributed by atoms with Crippen LogP contribution >= 0.6 is 0 Å². The van der Waals surface area contributed by atoms with Gasteiger partial charge in [0.05, 0.1) is 16.9 Å². The van der Waals surface area contributed by atoms with Crippen LogP contribution in [-0.2, 0) is 29.1 Å². The Morgan fingerprint density at radius 2 is 1.83 bits per heavy atom. The molecule has 30 heavy (non-hydrogen) atoms. The fraction of sp³-hybridized carbons (Fsp3) is 0.556. The highest BCUT2D eigenvalue weighted by molar-refractivity contribution is 7.89. The van der Waals surface area contributed by atoms with Crippen LogP contribution in [0, 0.1) is 5.92 Å². The van der Waals surface area contributed by atoms with Crippen molar-refractivity contribution in [1.82, 2.24) is 4.31 Å². The van der Waals surface area contributed by atoms with Gasteiger partial charge in [-0.1, -0.05) is 6.07 Å². The molecule has 2 rings (SSSR count). The number of esters is 2. The summed E-state index contributed by atoms with van der Waals surface area (Å²) >= 11 is 0. The predicted octanol–water partition coefficient (Wildman–Crippen LogP) is 2.48. The molecule has 8 nitrogen and oxygen atoms in total. The molecular weight excluding hydrogens is 431 g/mol. The monoisotopic (exact) mass is 453 g/mol. The highest BCUT2D eigenvalue weighted by Gasteiger charge is 2.34. The van der Waals surface area contributed by atoms with Crippen molar-refractivity contribution >= 4 is 22.0 Å². The van der Waals surface area contributed by atoms with Crippen molar-refractivity contribution in [2.24, 2.45) is 5.92 Å². The zero-order chi connectivity index (χ0) is 22.5. The van der Waals surface area contributed by atoms with E-state index in [0.717, 1.165) is 22.5 Å². The lowest BCUT2D eigenvalue weighted by molar-refractivity contribution is -0.274. The molecule has 1 aliphatic rings. The van der Waals surface area contributed by atoms with E-state index in [9.17, 15) is 31.2 Å². The summed E-state index contributed by atoms with van der Waals surface area (Å²) in [6.45, 7) is 2.73. The molecule has 0 saturated carbocycles. The van der Waals surface area contributed by atoms with Crippen molar-refractivity contribution in [3.63, 3.8) is 0 Å². The van der Waals surface area contributed by atoms with Gasteiger partial charge in [-0.25, -0.2) is 13.2 Å². The van der Waals surface area contributed by atoms with Crippen LogP contribution in [0.15, 0.2) is 29.2 Å². The average Bonchev–Trinajstić information content (AvgIpc) is 2.64. The molecule has 0 bridgehead atoms. The predicted molar refractivity (Wildman–Crippen MR) is 96.8 cm³/mol. The standard InChI is InChI=1S/C18H22F3NO7S/c1-12(2)28-16(23)11-27-17(24)13-6-8-22(9-7-13)30(25,26)15-5-3-4-14(10-15)29-18(19,20)21/h3-5,10,12-13H,6-9,11H2,1-2H3. The average molecular weight is 453 g/mol. The Balaban J connectivity index is 1.95. The number of hydrogen-bond acceptors (Lipinski definition) is 7. The van der Waals surface area contributed by atoms with E-state index >= 15 is 0 Å². The number of nitrogens with zero attached hydrogens (tertiary/aromatic N) is 1. The van der Waals surface area contributed by atoms with Gasteiger partial charge in [0.15, 0.2) is 6.61 Å². The van der Waals surface area contributed by atoms with Gasteiger partial charge in [-0.2, -0.15) is 4.31 Å². The number of piperidine rings is 1. The number of sulfonamides is 1. The van der Waals surface area contributed by atoms with E-state index < -0.39 is 46.6 Å². The maximum Gasteiger partial charge on any atom is 0.573 e. The summed E-state index contributed by atoms with van der Waals surface area (Å²) in [7, 11) is -4.07. The number of halogens is 3. The SMILES string of the molecule is CC(C)OC(=O)COC(=O)C1CCN(S(=O)(=O)c2cccc(OC(F)(F)F)c2)CC1. The second kappa shape index (κ2) is 9.65. The van der Waals surface area contributed by atoms with Gasteiger partial charge in [0.1, 0.15) is 5.75 Å². The van der Waals surface area contributed by atoms with Gasteiger partial charge in [-0.15, -0.1) is 13.2 Å². The highest BCUT2D eigenvalue weighted by Crippen LogP contribution is 2.28. The fourth-order valence-corrected chi connectivity index (χ4v) is 4.36. The first-order valence-corrected chi connectivity index (χ1v) is 10.5. The molecule has 0 atom stereocenters. The van der Waals surface area contributed by atoms with Gasteiger partial charge in [0.25, 0.3) is 0 Å². The summed E-state index contributed by atoms with van der Waals surface area (Å²) in [6, 6.07) is 4.11. The molecular formula is C18H22F3NO7S. The van der Waals surface area contributed by atoms with Crippen LogP contribution in [0.2, 0.25) is 0 Å². The molecule has 0 amide bonds. The van der Waals surface area contributed by atoms with Crippen LogP contribution in [0.1, 0.15) is 26.7 Å². The first-order chi connectivity index (χ1) is 13.9. The lowest BCUT2D eigenvalue weighted by atomic mass is 9.98. The molecule has 12 heteroatoms. The van der Waals surface area contributed by atoms with Crippen molar-refractivity contribution in [1.29, 1.82) is 0 Å². The largest absolute Gasteiger partial charge is 0.573 e. The third kappa shape index (κ3) is 6.87. The summed E-state index contributed by atoms with van der Waals surface area (Å²) in [6.07, 6.45) is -4.99. The van der Waals surface area contributed by atoms with Gasteiger partial charge in [-0.05, 0) is 38.8 Å². The molecule has 0 spiro atoms. The lowest BCUT2D eigenvalue weighted by Crippen LogP contribution is -2.40. The number of benzene rings is 1. The van der Waals surface area contributed by atoms with Gasteiger partial charge in [-0.3, -0.25) is 4.79 Å². The van der Waals surface area contributed by atoms with E-state index in [4.69, 9.17) is 9.47 Å². The van der Waals surface area contributed by atoms with Crippen LogP contribution in [0.5, 0.6) is 5.75 Å². The third-order valence-corrected chi connectivity index (χ3v) is 6.06. The molecule has 1 fully saturated rings. The normalized spacial score (nSPS) is 16.3. The van der Waals surface area contributed by atoms with E-state index in [1.54, 1.807) is 13.8 Å². The zero-order valence-electron chi connectivity index (χ0n) is 16.3. The number of carbonyl (C=O) groups is 2. The summed E-state index contributed by atoms with van der Waals surface area (Å²) in [4.78, 5) is 23.2. The molecule has 0 radical (unpaired) electrons. The van der Waals surface area contributed by atoms with E-state index in [2.05, 4.69) is 4.74 Å². The van der Waals surface area contributed by atoms with E-state index in [1.165, 1.54) is 6.07 Å². The first kappa shape index (κ1) is 23.9. The number of rotatable bonds is 7. The van der Waals surface area contributed by atoms with E-state index in [-0.39, 0.29) is 36.9 Å². The Labute approximate surface area is 171 Å². The van der Waals surface area contributed by atoms with Gasteiger partial charge in [0, 0.05) is 19.2 Å². The highest BCUT2D eigenvalue weighted by atomic mass is 32.2. The summed E-state index contributed by atoms with van der Waals surface area (Å²) in [5.74, 6) is -2.55. The Kier molecular flexibility index (Phi) is 7.70. The Morgan fingerprint density at radius 1 is 1.20 bits per heavy atom. The zero-order valence-corrected chi connectivity index (χ0v) is 17.2. The van der Waals surface area contributed by atoms with Crippen LogP contribution in [0.3, 0.4) is 0 Å². The maximum atomic E-state index is 12.7. The molecule has 1 aromatic rings. The van der Waals surface area contributed by atoms with Crippen molar-refractivity contribution in [2.75, 3.05) is 19.7 Å². The minimum Gasteiger partial charge on any atom is -0.460 e. The van der Waals surface area contributed by atoms with Crippen molar-refractivity contribution in [3.05, 3.63) is 24.3 Å². The quantitative estimate of drug-likeness (QED) is 0.585. The Hall–Kier alpha value is -2.34. The summed E-state index contributed by atoms with van der Waals surface area (Å²) in [5.41, 5.74) is 0. The number of alkyl halides is 3. The molecule has 168 valence electrons. The lowest BCUT2D eigenvalue weighted by Gasteiger charge is -2.30. The van der Waals surface area contributed by atoms with Crippen LogP contribution in [0.25, 0.3) is 0 Å². The van der Waals surface area contributed by atoms with Crippen LogP contribution < -0.4 is 4.74 Å². The van der Waals surface area contributed by atoms with Crippen molar-refractivity contribution in [3.8, 4) is 5.75 Å². The van der Waals surface area contributed by atoms with Crippen molar-refractivity contribution < 1.29 is 45.4 Å². The number of hydrogen-bond donors (Lipinski definition) is 0. The van der Waals surface area contributed by atoms with E-state index in [1.807, 2.05) is 0 Å². The summed E-state index contributed by atoms with van der Waals surface area (Å²) < 4.78 is 77.1. The second-order valence-corrected chi connectivity index (χ2v) is 8.79. The summed E-state index contributed by atoms with van der Waals surface area (Å²) in [5, 5.41) is 0. The van der Waals surface area contributed by atoms with Gasteiger partial charge in [0.2, 0.25) is 10.0 Å². The second-order valence-electron chi connectivity index (χ2n) is 6.85. The topological polar surface area (TPSA) is 99.2 Å². The number of carbonyl (C=O) groups excluding carboxylic acids is 2. The molecule has 1 saturated heterocycles. The Morgan fingerprint density at radius 3 is 2.40 bits per heavy atom. The molecule has 1 heterocycles. The third-order valence-electron chi connectivity index (χ3n) is 4.16. The molecule has 0 unspecified atom stereocenters. The van der Waals surface area contributed by atoms with Gasteiger partial charge < -0.3 is 14.2 Å². The first-order valence-electron chi connectivity index (χ1n) is 9.10. The van der Waals surface area contributed by atoms with Crippen molar-refractivity contribution in [2.45, 2.75) is 44.1 Å².